The SMILES string of the molecule is O=C(OCC1c2ccccc2-c2ccccc21)N1CCC(CCCO)C1. The molecule has 1 aliphatic heterocycles. The van der Waals surface area contributed by atoms with Crippen molar-refractivity contribution >= 4 is 6.09 Å². The molecule has 4 nitrogen and oxygen atoms in total. The highest BCUT2D eigenvalue weighted by molar-refractivity contribution is 5.79. The van der Waals surface area contributed by atoms with Gasteiger partial charge in [-0.3, -0.25) is 0 Å². The van der Waals surface area contributed by atoms with Crippen molar-refractivity contribution in [2.75, 3.05) is 26.3 Å². The molecule has 1 atom stereocenters. The van der Waals surface area contributed by atoms with E-state index in [-0.39, 0.29) is 18.6 Å². The topological polar surface area (TPSA) is 49.8 Å². The highest BCUT2D eigenvalue weighted by Crippen LogP contribution is 2.44. The molecule has 1 unspecified atom stereocenters. The number of aliphatic hydroxyl groups excluding tert-OH is 1. The monoisotopic (exact) mass is 351 g/mol. The molecule has 0 saturated carbocycles. The molecule has 1 N–H and O–H groups in total. The Bertz CT molecular complexity index is 743. The van der Waals surface area contributed by atoms with E-state index in [1.165, 1.54) is 22.3 Å². The maximum absolute atomic E-state index is 12.5. The minimum Gasteiger partial charge on any atom is -0.448 e. The van der Waals surface area contributed by atoms with Gasteiger partial charge in [-0.05, 0) is 47.4 Å². The molecule has 1 heterocycles. The molecule has 0 radical (unpaired) electrons. The number of carbonyl (C=O) groups excluding carboxylic acids is 1. The number of aliphatic hydroxyl groups is 1. The van der Waals surface area contributed by atoms with Gasteiger partial charge in [-0.25, -0.2) is 4.79 Å². The predicted molar refractivity (Wildman–Crippen MR) is 101 cm³/mol. The van der Waals surface area contributed by atoms with E-state index in [9.17, 15) is 4.79 Å². The fourth-order valence-corrected chi connectivity index (χ4v) is 4.30. The highest BCUT2D eigenvalue weighted by atomic mass is 16.6. The number of rotatable bonds is 5. The number of hydrogen-bond acceptors (Lipinski definition) is 3. The zero-order valence-electron chi connectivity index (χ0n) is 14.9. The lowest BCUT2D eigenvalue weighted by atomic mass is 9.98. The summed E-state index contributed by atoms with van der Waals surface area (Å²) in [5, 5.41) is 8.96. The van der Waals surface area contributed by atoms with Crippen LogP contribution in [0, 0.1) is 5.92 Å². The molecule has 0 bridgehead atoms. The summed E-state index contributed by atoms with van der Waals surface area (Å²) in [6.45, 7) is 2.11. The lowest BCUT2D eigenvalue weighted by Crippen LogP contribution is -2.30. The van der Waals surface area contributed by atoms with E-state index in [0.29, 0.717) is 12.5 Å². The van der Waals surface area contributed by atoms with Gasteiger partial charge in [0.15, 0.2) is 0 Å². The average molecular weight is 351 g/mol. The Hall–Kier alpha value is -2.33. The largest absolute Gasteiger partial charge is 0.448 e. The van der Waals surface area contributed by atoms with E-state index in [1.807, 2.05) is 17.0 Å². The standard InChI is InChI=1S/C22H25NO3/c24-13-5-6-16-11-12-23(14-16)22(25)26-15-21-19-9-3-1-7-17(19)18-8-2-4-10-20(18)21/h1-4,7-10,16,21,24H,5-6,11-15H2. The Morgan fingerprint density at radius 3 is 2.38 bits per heavy atom. The second kappa shape index (κ2) is 7.50. The predicted octanol–water partition coefficient (Wildman–Crippen LogP) is 4.03. The minimum atomic E-state index is -0.210. The van der Waals surface area contributed by atoms with Crippen LogP contribution in [0.1, 0.15) is 36.3 Å². The summed E-state index contributed by atoms with van der Waals surface area (Å²) in [7, 11) is 0. The van der Waals surface area contributed by atoms with Crippen LogP contribution in [0.5, 0.6) is 0 Å². The van der Waals surface area contributed by atoms with Gasteiger partial charge in [-0.2, -0.15) is 0 Å². The second-order valence-corrected chi connectivity index (χ2v) is 7.27. The van der Waals surface area contributed by atoms with Gasteiger partial charge in [0, 0.05) is 25.6 Å². The van der Waals surface area contributed by atoms with Gasteiger partial charge in [0.1, 0.15) is 6.61 Å². The fraction of sp³-hybridized carbons (Fsp3) is 0.409. The lowest BCUT2D eigenvalue weighted by Gasteiger charge is -2.19. The Labute approximate surface area is 154 Å². The van der Waals surface area contributed by atoms with Crippen molar-refractivity contribution in [3.8, 4) is 11.1 Å². The van der Waals surface area contributed by atoms with Crippen molar-refractivity contribution in [3.63, 3.8) is 0 Å². The smallest absolute Gasteiger partial charge is 0.409 e. The number of fused-ring (bicyclic) bond motifs is 3. The zero-order chi connectivity index (χ0) is 17.9. The number of ether oxygens (including phenoxy) is 1. The molecule has 26 heavy (non-hydrogen) atoms. The minimum absolute atomic E-state index is 0.110. The Morgan fingerprint density at radius 1 is 1.08 bits per heavy atom. The van der Waals surface area contributed by atoms with Crippen LogP contribution in [0.3, 0.4) is 0 Å². The van der Waals surface area contributed by atoms with E-state index < -0.39 is 0 Å². The zero-order valence-corrected chi connectivity index (χ0v) is 14.9. The summed E-state index contributed by atoms with van der Waals surface area (Å²) in [5.74, 6) is 0.599. The van der Waals surface area contributed by atoms with E-state index in [1.54, 1.807) is 0 Å². The number of carbonyl (C=O) groups is 1. The molecule has 1 aliphatic carbocycles. The summed E-state index contributed by atoms with van der Waals surface area (Å²) in [6.07, 6.45) is 2.58. The molecule has 2 aromatic rings. The molecular weight excluding hydrogens is 326 g/mol. The summed E-state index contributed by atoms with van der Waals surface area (Å²) in [4.78, 5) is 14.3. The van der Waals surface area contributed by atoms with Crippen LogP contribution in [0.2, 0.25) is 0 Å². The number of likely N-dealkylation sites (tertiary alicyclic amines) is 1. The van der Waals surface area contributed by atoms with E-state index in [0.717, 1.165) is 32.4 Å². The summed E-state index contributed by atoms with van der Waals surface area (Å²) < 4.78 is 5.71. The number of nitrogens with zero attached hydrogens (tertiary/aromatic N) is 1. The fourth-order valence-electron chi connectivity index (χ4n) is 4.30. The molecule has 0 aromatic heterocycles. The van der Waals surface area contributed by atoms with Crippen molar-refractivity contribution in [2.45, 2.75) is 25.2 Å². The van der Waals surface area contributed by atoms with E-state index in [2.05, 4.69) is 36.4 Å². The van der Waals surface area contributed by atoms with Gasteiger partial charge >= 0.3 is 6.09 Å². The molecule has 1 saturated heterocycles. The second-order valence-electron chi connectivity index (χ2n) is 7.27. The third kappa shape index (κ3) is 3.21. The molecule has 4 heteroatoms. The summed E-state index contributed by atoms with van der Waals surface area (Å²) >= 11 is 0. The van der Waals surface area contributed by atoms with Gasteiger partial charge in [0.05, 0.1) is 0 Å². The molecule has 0 spiro atoms. The summed E-state index contributed by atoms with van der Waals surface area (Å²) in [5.41, 5.74) is 4.97. The Morgan fingerprint density at radius 2 is 1.73 bits per heavy atom. The molecule has 136 valence electrons. The quantitative estimate of drug-likeness (QED) is 0.885. The molecule has 2 aromatic carbocycles. The molecule has 1 amide bonds. The van der Waals surface area contributed by atoms with Crippen LogP contribution in [0.15, 0.2) is 48.5 Å². The highest BCUT2D eigenvalue weighted by Gasteiger charge is 2.31. The van der Waals surface area contributed by atoms with Crippen LogP contribution in [-0.2, 0) is 4.74 Å². The van der Waals surface area contributed by atoms with Gasteiger partial charge in [0.2, 0.25) is 0 Å². The first-order valence-corrected chi connectivity index (χ1v) is 9.48. The van der Waals surface area contributed by atoms with Crippen LogP contribution in [0.25, 0.3) is 11.1 Å². The maximum Gasteiger partial charge on any atom is 0.409 e. The van der Waals surface area contributed by atoms with Crippen molar-refractivity contribution in [1.82, 2.24) is 4.90 Å². The molecule has 4 rings (SSSR count). The van der Waals surface area contributed by atoms with E-state index >= 15 is 0 Å². The van der Waals surface area contributed by atoms with Gasteiger partial charge in [-0.15, -0.1) is 0 Å². The Balaban J connectivity index is 1.41. The first-order valence-electron chi connectivity index (χ1n) is 9.48. The van der Waals surface area contributed by atoms with Gasteiger partial charge < -0.3 is 14.7 Å². The summed E-state index contributed by atoms with van der Waals surface area (Å²) in [6, 6.07) is 16.8. The average Bonchev–Trinajstić information content (AvgIpc) is 3.28. The Kier molecular flexibility index (Phi) is 4.93. The molecule has 2 aliphatic rings. The number of hydrogen-bond donors (Lipinski definition) is 1. The van der Waals surface area contributed by atoms with Crippen molar-refractivity contribution in [3.05, 3.63) is 59.7 Å². The number of benzene rings is 2. The third-order valence-corrected chi connectivity index (χ3v) is 5.65. The van der Waals surface area contributed by atoms with Crippen molar-refractivity contribution < 1.29 is 14.6 Å². The maximum atomic E-state index is 12.5. The van der Waals surface area contributed by atoms with Gasteiger partial charge in [-0.1, -0.05) is 48.5 Å². The van der Waals surface area contributed by atoms with Crippen LogP contribution in [-0.4, -0.2) is 42.4 Å². The van der Waals surface area contributed by atoms with Crippen LogP contribution in [0.4, 0.5) is 4.79 Å². The lowest BCUT2D eigenvalue weighted by molar-refractivity contribution is 0.106. The number of amides is 1. The molecular formula is C22H25NO3. The van der Waals surface area contributed by atoms with Crippen LogP contribution >= 0.6 is 0 Å². The third-order valence-electron chi connectivity index (χ3n) is 5.65. The van der Waals surface area contributed by atoms with E-state index in [4.69, 9.17) is 9.84 Å². The molecule has 1 fully saturated rings. The first-order chi connectivity index (χ1) is 12.8. The first kappa shape index (κ1) is 17.1. The van der Waals surface area contributed by atoms with Crippen LogP contribution < -0.4 is 0 Å². The van der Waals surface area contributed by atoms with Crippen molar-refractivity contribution in [2.24, 2.45) is 5.92 Å². The normalized spacial score (nSPS) is 18.7. The van der Waals surface area contributed by atoms with Gasteiger partial charge in [0.25, 0.3) is 0 Å². The van der Waals surface area contributed by atoms with Crippen molar-refractivity contribution in [1.29, 1.82) is 0 Å².